The first-order valence-electron chi connectivity index (χ1n) is 7.63. The normalized spacial score (nSPS) is 22.6. The van der Waals surface area contributed by atoms with Crippen molar-refractivity contribution in [2.24, 2.45) is 13.0 Å². The van der Waals surface area contributed by atoms with Crippen molar-refractivity contribution >= 4 is 0 Å². The second-order valence-corrected chi connectivity index (χ2v) is 5.73. The number of nitrogens with zero attached hydrogens (tertiary/aromatic N) is 3. The fourth-order valence-corrected chi connectivity index (χ4v) is 3.03. The van der Waals surface area contributed by atoms with Crippen molar-refractivity contribution in [1.29, 1.82) is 0 Å². The molecule has 1 aromatic rings. The molecule has 2 rings (SSSR count). The Hall–Kier alpha value is -0.870. The van der Waals surface area contributed by atoms with Crippen LogP contribution in [0.3, 0.4) is 0 Å². The van der Waals surface area contributed by atoms with Crippen LogP contribution in [-0.2, 0) is 13.5 Å². The number of hydrogen-bond acceptors (Lipinski definition) is 3. The molecular formula is C15H28N4. The lowest BCUT2D eigenvalue weighted by Gasteiger charge is -2.35. The SMILES string of the molecule is CCN1CCCC(C(C)NCCc2ccnn2C)C1. The molecule has 0 radical (unpaired) electrons. The smallest absolute Gasteiger partial charge is 0.0492 e. The maximum absolute atomic E-state index is 4.21. The standard InChI is InChI=1S/C15H28N4/c1-4-19-11-5-6-14(12-19)13(2)16-9-7-15-8-10-17-18(15)3/h8,10,13-14,16H,4-7,9,11-12H2,1-3H3. The topological polar surface area (TPSA) is 33.1 Å². The molecule has 0 spiro atoms. The van der Waals surface area contributed by atoms with Gasteiger partial charge in [-0.1, -0.05) is 6.92 Å². The van der Waals surface area contributed by atoms with Gasteiger partial charge in [0.15, 0.2) is 0 Å². The van der Waals surface area contributed by atoms with Crippen molar-refractivity contribution in [3.8, 4) is 0 Å². The van der Waals surface area contributed by atoms with Crippen LogP contribution in [0.25, 0.3) is 0 Å². The summed E-state index contributed by atoms with van der Waals surface area (Å²) in [6.45, 7) is 9.39. The molecule has 1 saturated heterocycles. The molecule has 0 aromatic carbocycles. The van der Waals surface area contributed by atoms with Crippen LogP contribution in [0.2, 0.25) is 0 Å². The van der Waals surface area contributed by atoms with E-state index in [0.717, 1.165) is 18.9 Å². The van der Waals surface area contributed by atoms with E-state index in [9.17, 15) is 0 Å². The van der Waals surface area contributed by atoms with E-state index >= 15 is 0 Å². The highest BCUT2D eigenvalue weighted by molar-refractivity contribution is 5.00. The van der Waals surface area contributed by atoms with Gasteiger partial charge in [-0.2, -0.15) is 5.10 Å². The van der Waals surface area contributed by atoms with Gasteiger partial charge in [0, 0.05) is 44.5 Å². The quantitative estimate of drug-likeness (QED) is 0.848. The van der Waals surface area contributed by atoms with Crippen molar-refractivity contribution in [3.05, 3.63) is 18.0 Å². The zero-order chi connectivity index (χ0) is 13.7. The number of likely N-dealkylation sites (tertiary alicyclic amines) is 1. The Morgan fingerprint density at radius 2 is 2.37 bits per heavy atom. The molecule has 2 atom stereocenters. The minimum Gasteiger partial charge on any atom is -0.314 e. The Labute approximate surface area is 117 Å². The number of piperidine rings is 1. The first-order chi connectivity index (χ1) is 9.20. The molecule has 4 nitrogen and oxygen atoms in total. The number of rotatable bonds is 6. The molecule has 1 fully saturated rings. The lowest BCUT2D eigenvalue weighted by molar-refractivity contribution is 0.157. The average molecular weight is 264 g/mol. The molecule has 2 unspecified atom stereocenters. The summed E-state index contributed by atoms with van der Waals surface area (Å²) in [7, 11) is 2.01. The van der Waals surface area contributed by atoms with Gasteiger partial charge in [0.05, 0.1) is 0 Å². The summed E-state index contributed by atoms with van der Waals surface area (Å²) in [6.07, 6.45) is 5.66. The van der Waals surface area contributed by atoms with Crippen LogP contribution in [0, 0.1) is 5.92 Å². The van der Waals surface area contributed by atoms with Gasteiger partial charge in [0.25, 0.3) is 0 Å². The summed E-state index contributed by atoms with van der Waals surface area (Å²) in [5.41, 5.74) is 1.30. The summed E-state index contributed by atoms with van der Waals surface area (Å²) in [4.78, 5) is 2.58. The van der Waals surface area contributed by atoms with E-state index in [1.807, 2.05) is 17.9 Å². The fourth-order valence-electron chi connectivity index (χ4n) is 3.03. The average Bonchev–Trinajstić information content (AvgIpc) is 2.84. The predicted molar refractivity (Wildman–Crippen MR) is 79.2 cm³/mol. The van der Waals surface area contributed by atoms with Crippen LogP contribution >= 0.6 is 0 Å². The molecular weight excluding hydrogens is 236 g/mol. The van der Waals surface area contributed by atoms with E-state index in [1.165, 1.54) is 38.2 Å². The lowest BCUT2D eigenvalue weighted by Crippen LogP contribution is -2.44. The van der Waals surface area contributed by atoms with Crippen molar-refractivity contribution < 1.29 is 0 Å². The van der Waals surface area contributed by atoms with Crippen molar-refractivity contribution in [2.75, 3.05) is 26.2 Å². The lowest BCUT2D eigenvalue weighted by atomic mass is 9.91. The first-order valence-corrected chi connectivity index (χ1v) is 7.63. The van der Waals surface area contributed by atoms with Crippen LogP contribution in [0.1, 0.15) is 32.4 Å². The van der Waals surface area contributed by atoms with E-state index in [4.69, 9.17) is 0 Å². The molecule has 1 aromatic heterocycles. The van der Waals surface area contributed by atoms with Crippen molar-refractivity contribution in [1.82, 2.24) is 20.0 Å². The Morgan fingerprint density at radius 3 is 3.05 bits per heavy atom. The van der Waals surface area contributed by atoms with E-state index in [2.05, 4.69) is 35.2 Å². The third kappa shape index (κ3) is 4.05. The molecule has 19 heavy (non-hydrogen) atoms. The van der Waals surface area contributed by atoms with E-state index in [1.54, 1.807) is 0 Å². The molecule has 1 aliphatic heterocycles. The van der Waals surface area contributed by atoms with Gasteiger partial charge < -0.3 is 10.2 Å². The van der Waals surface area contributed by atoms with Gasteiger partial charge in [0.2, 0.25) is 0 Å². The summed E-state index contributed by atoms with van der Waals surface area (Å²) < 4.78 is 1.96. The largest absolute Gasteiger partial charge is 0.314 e. The Morgan fingerprint density at radius 1 is 1.53 bits per heavy atom. The first kappa shape index (κ1) is 14.5. The predicted octanol–water partition coefficient (Wildman–Crippen LogP) is 1.67. The summed E-state index contributed by atoms with van der Waals surface area (Å²) in [5, 5.41) is 7.90. The summed E-state index contributed by atoms with van der Waals surface area (Å²) in [5.74, 6) is 0.806. The fraction of sp³-hybridized carbons (Fsp3) is 0.800. The van der Waals surface area contributed by atoms with Gasteiger partial charge in [-0.15, -0.1) is 0 Å². The Balaban J connectivity index is 1.72. The highest BCUT2D eigenvalue weighted by atomic mass is 15.3. The third-order valence-corrected chi connectivity index (χ3v) is 4.47. The van der Waals surface area contributed by atoms with Gasteiger partial charge in [-0.3, -0.25) is 4.68 Å². The molecule has 4 heteroatoms. The molecule has 0 saturated carbocycles. The zero-order valence-electron chi connectivity index (χ0n) is 12.6. The monoisotopic (exact) mass is 264 g/mol. The molecule has 108 valence electrons. The molecule has 0 aliphatic carbocycles. The molecule has 1 aliphatic rings. The van der Waals surface area contributed by atoms with Crippen molar-refractivity contribution in [2.45, 2.75) is 39.2 Å². The highest BCUT2D eigenvalue weighted by Crippen LogP contribution is 2.19. The van der Waals surface area contributed by atoms with Crippen molar-refractivity contribution in [3.63, 3.8) is 0 Å². The Kier molecular flexibility index (Phi) is 5.40. The number of hydrogen-bond donors (Lipinski definition) is 1. The molecule has 0 bridgehead atoms. The summed E-state index contributed by atoms with van der Waals surface area (Å²) >= 11 is 0. The Bertz CT molecular complexity index is 374. The van der Waals surface area contributed by atoms with Crippen LogP contribution in [0.5, 0.6) is 0 Å². The minimum absolute atomic E-state index is 0.613. The van der Waals surface area contributed by atoms with Crippen LogP contribution in [0.15, 0.2) is 12.3 Å². The summed E-state index contributed by atoms with van der Waals surface area (Å²) in [6, 6.07) is 2.72. The maximum atomic E-state index is 4.21. The van der Waals surface area contributed by atoms with Gasteiger partial charge in [-0.05, 0) is 44.8 Å². The molecule has 1 N–H and O–H groups in total. The number of aromatic nitrogens is 2. The van der Waals surface area contributed by atoms with Gasteiger partial charge in [0.1, 0.15) is 0 Å². The van der Waals surface area contributed by atoms with E-state index in [0.29, 0.717) is 6.04 Å². The van der Waals surface area contributed by atoms with Crippen LogP contribution < -0.4 is 5.32 Å². The number of aryl methyl sites for hydroxylation is 1. The highest BCUT2D eigenvalue weighted by Gasteiger charge is 2.23. The van der Waals surface area contributed by atoms with Gasteiger partial charge in [-0.25, -0.2) is 0 Å². The van der Waals surface area contributed by atoms with E-state index < -0.39 is 0 Å². The van der Waals surface area contributed by atoms with E-state index in [-0.39, 0.29) is 0 Å². The van der Waals surface area contributed by atoms with Crippen LogP contribution in [0.4, 0.5) is 0 Å². The second-order valence-electron chi connectivity index (χ2n) is 5.73. The molecule has 0 amide bonds. The number of nitrogens with one attached hydrogen (secondary N) is 1. The second kappa shape index (κ2) is 7.06. The molecule has 2 heterocycles. The third-order valence-electron chi connectivity index (χ3n) is 4.47. The maximum Gasteiger partial charge on any atom is 0.0492 e. The van der Waals surface area contributed by atoms with Crippen LogP contribution in [-0.4, -0.2) is 46.9 Å². The zero-order valence-corrected chi connectivity index (χ0v) is 12.6. The minimum atomic E-state index is 0.613. The van der Waals surface area contributed by atoms with Gasteiger partial charge >= 0.3 is 0 Å².